The molecule has 24 heavy (non-hydrogen) atoms. The van der Waals surface area contributed by atoms with Crippen LogP contribution in [0.2, 0.25) is 0 Å². The fraction of sp³-hybridized carbons (Fsp3) is 0.188. The number of hydrogen-bond acceptors (Lipinski definition) is 6. The molecule has 1 N–H and O–H groups in total. The van der Waals surface area contributed by atoms with Crippen molar-refractivity contribution in [2.24, 2.45) is 0 Å². The molecule has 0 bridgehead atoms. The van der Waals surface area contributed by atoms with Gasteiger partial charge in [-0.05, 0) is 23.8 Å². The maximum absolute atomic E-state index is 12.3. The predicted octanol–water partition coefficient (Wildman–Crippen LogP) is 1.05. The van der Waals surface area contributed by atoms with Crippen LogP contribution in [0, 0.1) is 0 Å². The van der Waals surface area contributed by atoms with E-state index in [4.69, 9.17) is 0 Å². The van der Waals surface area contributed by atoms with E-state index in [1.807, 2.05) is 31.1 Å². The highest BCUT2D eigenvalue weighted by molar-refractivity contribution is 5.94. The van der Waals surface area contributed by atoms with E-state index in [-0.39, 0.29) is 5.91 Å². The summed E-state index contributed by atoms with van der Waals surface area (Å²) in [5.74, 6) is 1.23. The van der Waals surface area contributed by atoms with Crippen LogP contribution in [0.4, 0.5) is 5.82 Å². The Hall–Kier alpha value is -3.29. The zero-order valence-corrected chi connectivity index (χ0v) is 13.4. The number of rotatable bonds is 5. The van der Waals surface area contributed by atoms with Gasteiger partial charge in [-0.2, -0.15) is 5.10 Å². The van der Waals surface area contributed by atoms with E-state index in [9.17, 15) is 4.79 Å². The second-order valence-corrected chi connectivity index (χ2v) is 5.34. The molecular formula is C16H17N7O. The van der Waals surface area contributed by atoms with Crippen molar-refractivity contribution in [1.82, 2.24) is 30.0 Å². The van der Waals surface area contributed by atoms with Gasteiger partial charge < -0.3 is 10.2 Å². The van der Waals surface area contributed by atoms with Crippen molar-refractivity contribution in [2.75, 3.05) is 19.0 Å². The summed E-state index contributed by atoms with van der Waals surface area (Å²) in [6.07, 6.45) is 6.27. The van der Waals surface area contributed by atoms with Crippen LogP contribution < -0.4 is 10.2 Å². The van der Waals surface area contributed by atoms with E-state index in [1.165, 1.54) is 17.3 Å². The van der Waals surface area contributed by atoms with E-state index >= 15 is 0 Å². The highest BCUT2D eigenvalue weighted by Crippen LogP contribution is 2.09. The lowest BCUT2D eigenvalue weighted by atomic mass is 10.2. The Balaban J connectivity index is 1.66. The van der Waals surface area contributed by atoms with Crippen LogP contribution in [0.1, 0.15) is 15.9 Å². The van der Waals surface area contributed by atoms with E-state index in [0.29, 0.717) is 17.9 Å². The van der Waals surface area contributed by atoms with Crippen molar-refractivity contribution in [3.8, 4) is 5.82 Å². The lowest BCUT2D eigenvalue weighted by molar-refractivity contribution is 0.0950. The Morgan fingerprint density at radius 1 is 1.25 bits per heavy atom. The highest BCUT2D eigenvalue weighted by atomic mass is 16.1. The van der Waals surface area contributed by atoms with Gasteiger partial charge in [-0.3, -0.25) is 4.79 Å². The molecule has 0 aliphatic heterocycles. The van der Waals surface area contributed by atoms with Crippen LogP contribution in [0.3, 0.4) is 0 Å². The summed E-state index contributed by atoms with van der Waals surface area (Å²) in [6, 6.07) is 7.17. The molecule has 0 spiro atoms. The molecule has 0 aliphatic carbocycles. The SMILES string of the molecule is CN(C)c1ccc(CNC(=O)c2ccnc(-n3cncn3)c2)cn1. The Labute approximate surface area is 139 Å². The van der Waals surface area contributed by atoms with Gasteiger partial charge in [0.25, 0.3) is 5.91 Å². The van der Waals surface area contributed by atoms with Gasteiger partial charge in [-0.25, -0.2) is 19.6 Å². The number of carbonyl (C=O) groups excluding carboxylic acids is 1. The third kappa shape index (κ3) is 3.54. The minimum Gasteiger partial charge on any atom is -0.363 e. The van der Waals surface area contributed by atoms with Crippen molar-refractivity contribution < 1.29 is 4.79 Å². The number of anilines is 1. The smallest absolute Gasteiger partial charge is 0.251 e. The number of nitrogens with one attached hydrogen (secondary N) is 1. The van der Waals surface area contributed by atoms with Crippen molar-refractivity contribution in [1.29, 1.82) is 0 Å². The summed E-state index contributed by atoms with van der Waals surface area (Å²) in [6.45, 7) is 0.403. The van der Waals surface area contributed by atoms with Crippen LogP contribution in [0.25, 0.3) is 5.82 Å². The molecule has 3 aromatic heterocycles. The normalized spacial score (nSPS) is 10.4. The first kappa shape index (κ1) is 15.6. The third-order valence-electron chi connectivity index (χ3n) is 3.38. The molecule has 0 radical (unpaired) electrons. The van der Waals surface area contributed by atoms with Crippen LogP contribution >= 0.6 is 0 Å². The zero-order valence-electron chi connectivity index (χ0n) is 13.4. The van der Waals surface area contributed by atoms with Crippen LogP contribution in [0.5, 0.6) is 0 Å². The molecule has 3 aromatic rings. The molecule has 0 saturated heterocycles. The molecule has 8 nitrogen and oxygen atoms in total. The first-order chi connectivity index (χ1) is 11.6. The van der Waals surface area contributed by atoms with Gasteiger partial charge in [0.05, 0.1) is 0 Å². The molecule has 122 valence electrons. The Bertz CT molecular complexity index is 813. The molecule has 0 fully saturated rings. The van der Waals surface area contributed by atoms with Gasteiger partial charge in [0.1, 0.15) is 18.5 Å². The van der Waals surface area contributed by atoms with Crippen molar-refractivity contribution in [2.45, 2.75) is 6.54 Å². The van der Waals surface area contributed by atoms with Gasteiger partial charge in [0, 0.05) is 38.6 Å². The van der Waals surface area contributed by atoms with Gasteiger partial charge in [0.15, 0.2) is 5.82 Å². The number of carbonyl (C=O) groups is 1. The lowest BCUT2D eigenvalue weighted by Crippen LogP contribution is -2.23. The van der Waals surface area contributed by atoms with Gasteiger partial charge >= 0.3 is 0 Å². The number of nitrogens with zero attached hydrogens (tertiary/aromatic N) is 6. The van der Waals surface area contributed by atoms with E-state index < -0.39 is 0 Å². The van der Waals surface area contributed by atoms with Crippen molar-refractivity contribution in [3.05, 3.63) is 60.4 Å². The molecule has 0 saturated carbocycles. The summed E-state index contributed by atoms with van der Waals surface area (Å²) >= 11 is 0. The summed E-state index contributed by atoms with van der Waals surface area (Å²) in [5.41, 5.74) is 1.44. The highest BCUT2D eigenvalue weighted by Gasteiger charge is 2.08. The Kier molecular flexibility index (Phi) is 4.46. The van der Waals surface area contributed by atoms with E-state index in [2.05, 4.69) is 25.4 Å². The first-order valence-corrected chi connectivity index (χ1v) is 7.35. The lowest BCUT2D eigenvalue weighted by Gasteiger charge is -2.11. The summed E-state index contributed by atoms with van der Waals surface area (Å²) < 4.78 is 1.50. The third-order valence-corrected chi connectivity index (χ3v) is 3.38. The fourth-order valence-corrected chi connectivity index (χ4v) is 2.08. The van der Waals surface area contributed by atoms with Crippen molar-refractivity contribution >= 4 is 11.7 Å². The average Bonchev–Trinajstić information content (AvgIpc) is 3.15. The fourth-order valence-electron chi connectivity index (χ4n) is 2.08. The van der Waals surface area contributed by atoms with Gasteiger partial charge in [-0.15, -0.1) is 0 Å². The summed E-state index contributed by atoms with van der Waals surface area (Å²) in [7, 11) is 3.86. The largest absolute Gasteiger partial charge is 0.363 e. The quantitative estimate of drug-likeness (QED) is 0.755. The summed E-state index contributed by atoms with van der Waals surface area (Å²) in [4.78, 5) is 26.6. The topological polar surface area (TPSA) is 88.8 Å². The average molecular weight is 323 g/mol. The number of aromatic nitrogens is 5. The van der Waals surface area contributed by atoms with Gasteiger partial charge in [-0.1, -0.05) is 6.07 Å². The van der Waals surface area contributed by atoms with Crippen LogP contribution in [0.15, 0.2) is 49.3 Å². The Morgan fingerprint density at radius 3 is 2.79 bits per heavy atom. The van der Waals surface area contributed by atoms with Crippen molar-refractivity contribution in [3.63, 3.8) is 0 Å². The maximum Gasteiger partial charge on any atom is 0.251 e. The molecule has 0 aromatic carbocycles. The number of pyridine rings is 2. The minimum absolute atomic E-state index is 0.185. The van der Waals surface area contributed by atoms with E-state index in [0.717, 1.165) is 11.4 Å². The Morgan fingerprint density at radius 2 is 2.12 bits per heavy atom. The van der Waals surface area contributed by atoms with Gasteiger partial charge in [0.2, 0.25) is 0 Å². The predicted molar refractivity (Wildman–Crippen MR) is 88.9 cm³/mol. The summed E-state index contributed by atoms with van der Waals surface area (Å²) in [5, 5.41) is 6.87. The standard InChI is InChI=1S/C16H17N7O/c1-22(2)14-4-3-12(8-19-14)9-20-16(24)13-5-6-18-15(7-13)23-11-17-10-21-23/h3-8,10-11H,9H2,1-2H3,(H,20,24). The van der Waals surface area contributed by atoms with E-state index in [1.54, 1.807) is 24.5 Å². The van der Waals surface area contributed by atoms with Crippen LogP contribution in [-0.2, 0) is 6.54 Å². The molecule has 0 aliphatic rings. The second kappa shape index (κ2) is 6.86. The molecule has 0 unspecified atom stereocenters. The van der Waals surface area contributed by atoms with Crippen LogP contribution in [-0.4, -0.2) is 44.7 Å². The molecular weight excluding hydrogens is 306 g/mol. The molecule has 3 rings (SSSR count). The number of amides is 1. The minimum atomic E-state index is -0.185. The molecule has 0 atom stereocenters. The molecule has 3 heterocycles. The maximum atomic E-state index is 12.3. The number of hydrogen-bond donors (Lipinski definition) is 1. The zero-order chi connectivity index (χ0) is 16.9. The molecule has 8 heteroatoms. The monoisotopic (exact) mass is 323 g/mol. The molecule has 1 amide bonds. The second-order valence-electron chi connectivity index (χ2n) is 5.34. The first-order valence-electron chi connectivity index (χ1n) is 7.35.